The quantitative estimate of drug-likeness (QED) is 0.0890. The first kappa shape index (κ1) is 43.1. The largest absolute Gasteiger partial charge is 0.457 e. The molecule has 12 nitrogen and oxygen atoms in total. The molecule has 12 atom stereocenters. The smallest absolute Gasteiger partial charge is 0.355 e. The van der Waals surface area contributed by atoms with Crippen molar-refractivity contribution in [1.82, 2.24) is 14.9 Å². The Bertz CT molecular complexity index is 2310. The zero-order valence-corrected chi connectivity index (χ0v) is 37.0. The van der Waals surface area contributed by atoms with E-state index in [0.717, 1.165) is 61.4 Å². The number of hydrogen-bond donors (Lipinski definition) is 4. The summed E-state index contributed by atoms with van der Waals surface area (Å²) >= 11 is 0. The molecular formula is C50H66N4O8. The van der Waals surface area contributed by atoms with Crippen LogP contribution < -0.4 is 16.6 Å². The molecule has 4 heterocycles. The van der Waals surface area contributed by atoms with Crippen molar-refractivity contribution in [1.29, 1.82) is 0 Å². The van der Waals surface area contributed by atoms with Gasteiger partial charge in [-0.3, -0.25) is 14.4 Å². The van der Waals surface area contributed by atoms with Crippen molar-refractivity contribution in [3.63, 3.8) is 0 Å². The number of amides is 1. The monoisotopic (exact) mass is 850 g/mol. The lowest BCUT2D eigenvalue weighted by molar-refractivity contribution is -0.190. The molecule has 1 amide bonds. The topological polar surface area (TPSA) is 183 Å². The lowest BCUT2D eigenvalue weighted by atomic mass is 9.43. The van der Waals surface area contributed by atoms with Gasteiger partial charge in [-0.15, -0.1) is 0 Å². The molecule has 334 valence electrons. The van der Waals surface area contributed by atoms with Gasteiger partial charge in [-0.05, 0) is 148 Å². The van der Waals surface area contributed by atoms with Crippen molar-refractivity contribution in [2.24, 2.45) is 52.1 Å². The molecule has 4 fully saturated rings. The number of hydrogen-bond acceptors (Lipinski definition) is 10. The maximum atomic E-state index is 13.9. The second-order valence-corrected chi connectivity index (χ2v) is 20.5. The minimum Gasteiger partial charge on any atom is -0.457 e. The number of carbonyl (C=O) groups is 3. The van der Waals surface area contributed by atoms with Crippen LogP contribution >= 0.6 is 0 Å². The first-order valence-corrected chi connectivity index (χ1v) is 23.6. The highest BCUT2D eigenvalue weighted by molar-refractivity contribution is 5.89. The molecule has 6 unspecified atom stereocenters. The number of unbranched alkanes of at least 4 members (excludes halogenated alkanes) is 1. The number of cyclic esters (lactones) is 1. The summed E-state index contributed by atoms with van der Waals surface area (Å²) in [5.74, 6) is 1.43. The van der Waals surface area contributed by atoms with Gasteiger partial charge >= 0.3 is 11.9 Å². The standard InChI is InChI=1S/C50H66N4O8/c1-5-50(38-24-41-44-30(22-29-10-6-7-12-40(29)53-44)26-54(41)45(58)34(38)27-61-47(50)60)62-46(59)39(51)11-8-9-21-52-43(57)18-13-28(2)35-16-17-36-33-15-14-31-23-32(55)19-20-48(31,3)37(33)25-42(56)49(35,36)4/h6-7,10,12,22,24,28,31-33,35-37,39,42,55-56H,5,8-9,11,13-21,23,25-27,51H2,1-4H3,(H,52,57)/t28-,31?,32-,33?,35?,36?,37?,39?,42+,48+,49-,50+/m1/s1. The Labute approximate surface area is 364 Å². The molecule has 0 saturated heterocycles. The van der Waals surface area contributed by atoms with Gasteiger partial charge in [0.25, 0.3) is 5.56 Å². The van der Waals surface area contributed by atoms with Gasteiger partial charge in [-0.1, -0.05) is 45.9 Å². The summed E-state index contributed by atoms with van der Waals surface area (Å²) in [5, 5.41) is 26.4. The summed E-state index contributed by atoms with van der Waals surface area (Å²) in [6, 6.07) is 10.5. The number of fused-ring (bicyclic) bond motifs is 10. The third-order valence-electron chi connectivity index (χ3n) is 17.6. The SMILES string of the molecule is CC[C@@]1(OC(=O)C(N)CCCCNC(=O)CC[C@@H](C)C2CCC3C4CCC5C[C@H](O)CC[C@]5(C)C4C[C@H](O)[C@@]32C)C(=O)OCc2c1cc1n(c2=O)Cc2cc3ccccc3nc2-1. The maximum Gasteiger partial charge on any atom is 0.355 e. The van der Waals surface area contributed by atoms with Gasteiger partial charge in [-0.2, -0.15) is 0 Å². The molecule has 2 aromatic heterocycles. The fourth-order valence-corrected chi connectivity index (χ4v) is 14.0. The van der Waals surface area contributed by atoms with E-state index in [2.05, 4.69) is 26.1 Å². The van der Waals surface area contributed by atoms with Crippen molar-refractivity contribution in [2.45, 2.75) is 155 Å². The highest BCUT2D eigenvalue weighted by atomic mass is 16.6. The lowest BCUT2D eigenvalue weighted by Gasteiger charge is -2.62. The Morgan fingerprint density at radius 2 is 1.84 bits per heavy atom. The van der Waals surface area contributed by atoms with E-state index in [1.807, 2.05) is 30.3 Å². The molecule has 4 saturated carbocycles. The Hall–Kier alpha value is -4.13. The minimum absolute atomic E-state index is 0.00279. The summed E-state index contributed by atoms with van der Waals surface area (Å²) in [5.41, 5.74) is 7.80. The fraction of sp³-hybridized carbons (Fsp3) is 0.660. The van der Waals surface area contributed by atoms with Gasteiger partial charge < -0.3 is 35.3 Å². The van der Waals surface area contributed by atoms with Gasteiger partial charge in [0, 0.05) is 29.5 Å². The molecule has 12 heteroatoms. The molecule has 1 aromatic carbocycles. The van der Waals surface area contributed by atoms with Crippen molar-refractivity contribution in [3.05, 3.63) is 63.4 Å². The summed E-state index contributed by atoms with van der Waals surface area (Å²) in [4.78, 5) is 58.9. The van der Waals surface area contributed by atoms with Gasteiger partial charge in [0.15, 0.2) is 0 Å². The average molecular weight is 851 g/mol. The number of ether oxygens (including phenoxy) is 2. The molecule has 4 aliphatic carbocycles. The van der Waals surface area contributed by atoms with Gasteiger partial charge in [-0.25, -0.2) is 9.78 Å². The van der Waals surface area contributed by atoms with E-state index in [1.165, 1.54) is 12.8 Å². The number of carbonyl (C=O) groups excluding carboxylic acids is 3. The van der Waals surface area contributed by atoms with Crippen LogP contribution in [-0.2, 0) is 42.6 Å². The minimum atomic E-state index is -1.83. The summed E-state index contributed by atoms with van der Waals surface area (Å²) in [6.45, 7) is 9.37. The zero-order valence-electron chi connectivity index (χ0n) is 37.0. The highest BCUT2D eigenvalue weighted by Crippen LogP contribution is 2.68. The van der Waals surface area contributed by atoms with E-state index in [-0.39, 0.29) is 59.5 Å². The van der Waals surface area contributed by atoms with Crippen molar-refractivity contribution in [2.75, 3.05) is 6.54 Å². The summed E-state index contributed by atoms with van der Waals surface area (Å²) < 4.78 is 13.1. The summed E-state index contributed by atoms with van der Waals surface area (Å²) in [7, 11) is 0. The molecule has 62 heavy (non-hydrogen) atoms. The van der Waals surface area contributed by atoms with Crippen LogP contribution in [0.15, 0.2) is 41.2 Å². The third kappa shape index (κ3) is 7.01. The Morgan fingerprint density at radius 3 is 2.65 bits per heavy atom. The predicted octanol–water partition coefficient (Wildman–Crippen LogP) is 6.65. The van der Waals surface area contributed by atoms with Crippen molar-refractivity contribution >= 4 is 28.7 Å². The van der Waals surface area contributed by atoms with Crippen LogP contribution in [0.1, 0.15) is 134 Å². The number of aliphatic hydroxyl groups excluding tert-OH is 2. The van der Waals surface area contributed by atoms with E-state index in [9.17, 15) is 29.4 Å². The number of rotatable bonds is 12. The van der Waals surface area contributed by atoms with E-state index in [0.29, 0.717) is 84.8 Å². The Morgan fingerprint density at radius 1 is 1.03 bits per heavy atom. The van der Waals surface area contributed by atoms with E-state index in [4.69, 9.17) is 20.2 Å². The van der Waals surface area contributed by atoms with Crippen molar-refractivity contribution < 1.29 is 34.1 Å². The summed E-state index contributed by atoms with van der Waals surface area (Å²) in [6.07, 6.45) is 10.6. The molecule has 6 aliphatic rings. The van der Waals surface area contributed by atoms with Gasteiger partial charge in [0.1, 0.15) is 12.6 Å². The van der Waals surface area contributed by atoms with Crippen LogP contribution in [0.5, 0.6) is 0 Å². The number of pyridine rings is 2. The normalized spacial score (nSPS) is 34.1. The predicted molar refractivity (Wildman–Crippen MR) is 234 cm³/mol. The number of nitrogens with zero attached hydrogens (tertiary/aromatic N) is 2. The molecule has 0 spiro atoms. The number of nitrogens with one attached hydrogen (secondary N) is 1. The molecule has 0 radical (unpaired) electrons. The lowest BCUT2D eigenvalue weighted by Crippen LogP contribution is -2.58. The molecule has 2 aliphatic heterocycles. The van der Waals surface area contributed by atoms with Crippen LogP contribution in [0.3, 0.4) is 0 Å². The number of benzene rings is 1. The van der Waals surface area contributed by atoms with E-state index < -0.39 is 23.6 Å². The average Bonchev–Trinajstić information content (AvgIpc) is 3.81. The fourth-order valence-electron chi connectivity index (χ4n) is 14.0. The molecule has 5 N–H and O–H groups in total. The second-order valence-electron chi connectivity index (χ2n) is 20.5. The van der Waals surface area contributed by atoms with Crippen LogP contribution in [-0.4, -0.2) is 62.4 Å². The molecule has 9 rings (SSSR count). The van der Waals surface area contributed by atoms with Crippen LogP contribution in [0, 0.1) is 46.3 Å². The Balaban J connectivity index is 0.760. The number of aromatic nitrogens is 2. The van der Waals surface area contributed by atoms with Crippen LogP contribution in [0.25, 0.3) is 22.3 Å². The maximum absolute atomic E-state index is 13.9. The number of esters is 2. The molecular weight excluding hydrogens is 785 g/mol. The van der Waals surface area contributed by atoms with E-state index in [1.54, 1.807) is 17.6 Å². The van der Waals surface area contributed by atoms with Crippen LogP contribution in [0.2, 0.25) is 0 Å². The Kier molecular flexibility index (Phi) is 11.4. The first-order valence-electron chi connectivity index (χ1n) is 23.6. The van der Waals surface area contributed by atoms with Gasteiger partial charge in [0.05, 0.1) is 41.2 Å². The van der Waals surface area contributed by atoms with Crippen LogP contribution in [0.4, 0.5) is 0 Å². The third-order valence-corrected chi connectivity index (χ3v) is 17.6. The zero-order chi connectivity index (χ0) is 43.7. The molecule has 3 aromatic rings. The first-order chi connectivity index (χ1) is 29.7. The molecule has 0 bridgehead atoms. The van der Waals surface area contributed by atoms with Crippen molar-refractivity contribution in [3.8, 4) is 11.4 Å². The number of para-hydroxylation sites is 1. The number of nitrogens with two attached hydrogens (primary N) is 1. The second kappa shape index (κ2) is 16.5. The highest BCUT2D eigenvalue weighted by Gasteiger charge is 2.63. The van der Waals surface area contributed by atoms with Gasteiger partial charge in [0.2, 0.25) is 11.5 Å². The van der Waals surface area contributed by atoms with E-state index >= 15 is 0 Å². The number of aliphatic hydroxyl groups is 2.